The predicted octanol–water partition coefficient (Wildman–Crippen LogP) is 3.20. The quantitative estimate of drug-likeness (QED) is 0.822. The highest BCUT2D eigenvalue weighted by Gasteiger charge is 2.53. The van der Waals surface area contributed by atoms with Crippen LogP contribution in [0.15, 0.2) is 48.5 Å². The maximum absolute atomic E-state index is 13.7. The number of aliphatic hydroxyl groups is 1. The van der Waals surface area contributed by atoms with Gasteiger partial charge in [0.1, 0.15) is 11.9 Å². The fraction of sp³-hybridized carbons (Fsp3) is 0.333. The van der Waals surface area contributed by atoms with Crippen molar-refractivity contribution in [3.8, 4) is 17.9 Å². The van der Waals surface area contributed by atoms with Gasteiger partial charge in [0.15, 0.2) is 0 Å². The van der Waals surface area contributed by atoms with Gasteiger partial charge in [-0.2, -0.15) is 5.26 Å². The molecule has 146 valence electrons. The van der Waals surface area contributed by atoms with Crippen molar-refractivity contribution in [3.63, 3.8) is 0 Å². The summed E-state index contributed by atoms with van der Waals surface area (Å²) in [4.78, 5) is 14.2. The van der Waals surface area contributed by atoms with E-state index in [4.69, 9.17) is 0 Å². The summed E-state index contributed by atoms with van der Waals surface area (Å²) in [5, 5.41) is 19.5. The van der Waals surface area contributed by atoms with E-state index in [9.17, 15) is 19.6 Å². The molecule has 3 atom stereocenters. The lowest BCUT2D eigenvalue weighted by molar-refractivity contribution is -0.154. The van der Waals surface area contributed by atoms with E-state index in [1.165, 1.54) is 6.07 Å². The summed E-state index contributed by atoms with van der Waals surface area (Å²) in [5.74, 6) is 5.18. The molecule has 29 heavy (non-hydrogen) atoms. The van der Waals surface area contributed by atoms with E-state index in [0.29, 0.717) is 5.56 Å². The zero-order valence-electron chi connectivity index (χ0n) is 15.9. The first-order valence-corrected chi connectivity index (χ1v) is 9.83. The van der Waals surface area contributed by atoms with Crippen LogP contribution < -0.4 is 0 Å². The monoisotopic (exact) mass is 388 g/mol. The summed E-state index contributed by atoms with van der Waals surface area (Å²) in [5.41, 5.74) is 1.96. The molecule has 1 saturated carbocycles. The van der Waals surface area contributed by atoms with Crippen LogP contribution in [0, 0.1) is 34.9 Å². The summed E-state index contributed by atoms with van der Waals surface area (Å²) in [6.07, 6.45) is 2.78. The number of nitrogens with zero attached hydrogens (tertiary/aromatic N) is 2. The number of hydrogen-bond acceptors (Lipinski definition) is 3. The largest absolute Gasteiger partial charge is 0.394 e. The standard InChI is InChI=1S/C24H21FN2O2/c25-20-7-2-1-4-17(20)11-8-16-9-12-18(13-10-16)23-21(14-26)27(22(23)15-28)24(29)19-5-3-6-19/h1-2,4,7,9-10,12-13,19,21-23,28H,3,5-6,15H2/t21-,22+,23+/m1/s1. The van der Waals surface area contributed by atoms with Crippen LogP contribution in [0.25, 0.3) is 0 Å². The number of benzene rings is 2. The van der Waals surface area contributed by atoms with Crippen molar-refractivity contribution in [2.24, 2.45) is 5.92 Å². The fourth-order valence-corrected chi connectivity index (χ4v) is 4.07. The summed E-state index contributed by atoms with van der Waals surface area (Å²) in [6.45, 7) is -0.170. The zero-order valence-corrected chi connectivity index (χ0v) is 15.9. The van der Waals surface area contributed by atoms with Gasteiger partial charge in [0.2, 0.25) is 5.91 Å². The minimum Gasteiger partial charge on any atom is -0.394 e. The molecule has 2 fully saturated rings. The summed E-state index contributed by atoms with van der Waals surface area (Å²) < 4.78 is 13.7. The van der Waals surface area contributed by atoms with Gasteiger partial charge in [-0.1, -0.05) is 42.5 Å². The zero-order chi connectivity index (χ0) is 20.4. The lowest BCUT2D eigenvalue weighted by atomic mass is 9.73. The molecule has 0 bridgehead atoms. The molecule has 0 unspecified atom stereocenters. The molecule has 0 spiro atoms. The molecule has 1 aliphatic heterocycles. The van der Waals surface area contributed by atoms with Crippen LogP contribution in [0.1, 0.15) is 41.9 Å². The summed E-state index contributed by atoms with van der Waals surface area (Å²) >= 11 is 0. The number of nitriles is 1. The topological polar surface area (TPSA) is 64.3 Å². The smallest absolute Gasteiger partial charge is 0.227 e. The van der Waals surface area contributed by atoms with Crippen molar-refractivity contribution < 1.29 is 14.3 Å². The second-order valence-electron chi connectivity index (χ2n) is 7.57. The third-order valence-corrected chi connectivity index (χ3v) is 5.95. The van der Waals surface area contributed by atoms with Crippen molar-refractivity contribution in [1.82, 2.24) is 4.90 Å². The molecule has 1 saturated heterocycles. The normalized spacial score (nSPS) is 23.2. The number of likely N-dealkylation sites (tertiary alicyclic amines) is 1. The van der Waals surface area contributed by atoms with Crippen LogP contribution >= 0.6 is 0 Å². The van der Waals surface area contributed by atoms with Gasteiger partial charge in [0.25, 0.3) is 0 Å². The van der Waals surface area contributed by atoms with Crippen molar-refractivity contribution in [1.29, 1.82) is 5.26 Å². The first kappa shape index (κ1) is 19.2. The summed E-state index contributed by atoms with van der Waals surface area (Å²) in [7, 11) is 0. The Morgan fingerprint density at radius 1 is 1.14 bits per heavy atom. The Labute approximate surface area is 169 Å². The summed E-state index contributed by atoms with van der Waals surface area (Å²) in [6, 6.07) is 15.0. The van der Waals surface area contributed by atoms with Gasteiger partial charge in [-0.15, -0.1) is 0 Å². The molecule has 1 aliphatic carbocycles. The van der Waals surface area contributed by atoms with Gasteiger partial charge in [0, 0.05) is 17.4 Å². The Morgan fingerprint density at radius 3 is 2.45 bits per heavy atom. The Bertz CT molecular complexity index is 1010. The van der Waals surface area contributed by atoms with Crippen molar-refractivity contribution >= 4 is 5.91 Å². The third-order valence-electron chi connectivity index (χ3n) is 5.95. The Hall–Kier alpha value is -3.15. The SMILES string of the molecule is N#C[C@@H]1[C@H](c2ccc(C#Cc3ccccc3F)cc2)[C@H](CO)N1C(=O)C1CCC1. The third kappa shape index (κ3) is 3.50. The molecule has 1 heterocycles. The van der Waals surface area contributed by atoms with E-state index in [-0.39, 0.29) is 36.2 Å². The van der Waals surface area contributed by atoms with Gasteiger partial charge >= 0.3 is 0 Å². The van der Waals surface area contributed by atoms with Crippen molar-refractivity contribution in [2.45, 2.75) is 37.3 Å². The van der Waals surface area contributed by atoms with Crippen LogP contribution in [0.3, 0.4) is 0 Å². The molecule has 4 nitrogen and oxygen atoms in total. The highest BCUT2D eigenvalue weighted by Crippen LogP contribution is 2.43. The molecule has 0 aromatic heterocycles. The first-order valence-electron chi connectivity index (χ1n) is 9.83. The van der Waals surface area contributed by atoms with E-state index in [0.717, 1.165) is 30.4 Å². The molecule has 0 radical (unpaired) electrons. The number of amides is 1. The van der Waals surface area contributed by atoms with E-state index in [1.54, 1.807) is 23.1 Å². The first-order chi connectivity index (χ1) is 14.1. The molecule has 2 aromatic carbocycles. The Kier molecular flexibility index (Phi) is 5.34. The van der Waals surface area contributed by atoms with Crippen molar-refractivity contribution in [3.05, 3.63) is 71.0 Å². The molecule has 2 aliphatic rings. The number of carbonyl (C=O) groups is 1. The molecule has 2 aromatic rings. The van der Waals surface area contributed by atoms with Crippen molar-refractivity contribution in [2.75, 3.05) is 6.61 Å². The van der Waals surface area contributed by atoms with Gasteiger partial charge < -0.3 is 10.0 Å². The number of aliphatic hydroxyl groups excluding tert-OH is 1. The van der Waals surface area contributed by atoms with Gasteiger partial charge in [-0.3, -0.25) is 4.79 Å². The van der Waals surface area contributed by atoms with Crippen LogP contribution in [0.4, 0.5) is 4.39 Å². The van der Waals surface area contributed by atoms with E-state index >= 15 is 0 Å². The highest BCUT2D eigenvalue weighted by molar-refractivity contribution is 5.82. The van der Waals surface area contributed by atoms with E-state index < -0.39 is 6.04 Å². The van der Waals surface area contributed by atoms with Crippen LogP contribution in [0.2, 0.25) is 0 Å². The lowest BCUT2D eigenvalue weighted by Crippen LogP contribution is -2.66. The van der Waals surface area contributed by atoms with Crippen LogP contribution in [-0.2, 0) is 4.79 Å². The van der Waals surface area contributed by atoms with E-state index in [1.807, 2.05) is 24.3 Å². The number of rotatable bonds is 3. The average molecular weight is 388 g/mol. The van der Waals surface area contributed by atoms with E-state index in [2.05, 4.69) is 17.9 Å². The van der Waals surface area contributed by atoms with Crippen LogP contribution in [0.5, 0.6) is 0 Å². The molecule has 1 amide bonds. The Morgan fingerprint density at radius 2 is 1.86 bits per heavy atom. The molecular weight excluding hydrogens is 367 g/mol. The maximum Gasteiger partial charge on any atom is 0.227 e. The van der Waals surface area contributed by atoms with Gasteiger partial charge in [0.05, 0.1) is 24.3 Å². The predicted molar refractivity (Wildman–Crippen MR) is 106 cm³/mol. The lowest BCUT2D eigenvalue weighted by Gasteiger charge is -2.53. The second kappa shape index (κ2) is 8.07. The molecule has 4 rings (SSSR count). The number of carbonyl (C=O) groups excluding carboxylic acids is 1. The Balaban J connectivity index is 1.52. The van der Waals surface area contributed by atoms with Crippen LogP contribution in [-0.4, -0.2) is 34.6 Å². The number of halogens is 1. The minimum absolute atomic E-state index is 0.00289. The molecule has 5 heteroatoms. The fourth-order valence-electron chi connectivity index (χ4n) is 4.07. The molecule has 1 N–H and O–H groups in total. The van der Waals surface area contributed by atoms with Gasteiger partial charge in [-0.05, 0) is 42.7 Å². The maximum atomic E-state index is 13.7. The highest BCUT2D eigenvalue weighted by atomic mass is 19.1. The second-order valence-corrected chi connectivity index (χ2v) is 7.57. The number of hydrogen-bond donors (Lipinski definition) is 1. The minimum atomic E-state index is -0.560. The average Bonchev–Trinajstić information content (AvgIpc) is 2.67. The molecular formula is C24H21FN2O2. The van der Waals surface area contributed by atoms with Gasteiger partial charge in [-0.25, -0.2) is 4.39 Å².